The third-order valence-electron chi connectivity index (χ3n) is 4.79. The molecule has 0 bridgehead atoms. The Morgan fingerprint density at radius 3 is 2.70 bits per heavy atom. The second-order valence-corrected chi connectivity index (χ2v) is 7.56. The van der Waals surface area contributed by atoms with E-state index >= 15 is 0 Å². The Morgan fingerprint density at radius 1 is 1.26 bits per heavy atom. The first kappa shape index (κ1) is 19.2. The van der Waals surface area contributed by atoms with Crippen molar-refractivity contribution in [3.63, 3.8) is 0 Å². The molecule has 0 heterocycles. The highest BCUT2D eigenvalue weighted by Crippen LogP contribution is 2.37. The molecule has 2 amide bonds. The van der Waals surface area contributed by atoms with Crippen LogP contribution < -0.4 is 15.4 Å². The van der Waals surface area contributed by atoms with E-state index in [1.807, 2.05) is 36.4 Å². The molecular formula is C21H22BrN3O2. The maximum atomic E-state index is 12.5. The third-order valence-corrected chi connectivity index (χ3v) is 5.32. The summed E-state index contributed by atoms with van der Waals surface area (Å²) >= 11 is 3.46. The van der Waals surface area contributed by atoms with E-state index in [-0.39, 0.29) is 18.7 Å². The number of ether oxygens (including phenoxy) is 1. The van der Waals surface area contributed by atoms with Gasteiger partial charge in [-0.1, -0.05) is 46.6 Å². The molecule has 1 atom stereocenters. The van der Waals surface area contributed by atoms with Crippen molar-refractivity contribution in [2.45, 2.75) is 31.8 Å². The fourth-order valence-electron chi connectivity index (χ4n) is 3.15. The molecule has 0 aromatic heterocycles. The van der Waals surface area contributed by atoms with E-state index in [4.69, 9.17) is 10.00 Å². The SMILES string of the molecule is N#CCOc1cccc(CNC(=O)NC(c2ccc(Br)cc2)C2CCC2)c1. The number of hydrogen-bond acceptors (Lipinski definition) is 3. The topological polar surface area (TPSA) is 74.1 Å². The Labute approximate surface area is 167 Å². The number of nitriles is 1. The smallest absolute Gasteiger partial charge is 0.315 e. The average Bonchev–Trinajstić information content (AvgIpc) is 2.64. The van der Waals surface area contributed by atoms with Crippen molar-refractivity contribution in [1.82, 2.24) is 10.6 Å². The van der Waals surface area contributed by atoms with Crippen LogP contribution >= 0.6 is 15.9 Å². The molecule has 1 saturated carbocycles. The standard InChI is InChI=1S/C21H22BrN3O2/c22-18-9-7-17(8-10-18)20(16-4-2-5-16)25-21(26)24-14-15-3-1-6-19(13-15)27-12-11-23/h1,3,6-10,13,16,20H,2,4-5,12,14H2,(H2,24,25,26). The van der Waals surface area contributed by atoms with Gasteiger partial charge in [0.1, 0.15) is 11.8 Å². The number of nitrogens with zero attached hydrogens (tertiary/aromatic N) is 1. The lowest BCUT2D eigenvalue weighted by Gasteiger charge is -2.34. The zero-order chi connectivity index (χ0) is 19.1. The fourth-order valence-corrected chi connectivity index (χ4v) is 3.42. The summed E-state index contributed by atoms with van der Waals surface area (Å²) in [4.78, 5) is 12.5. The van der Waals surface area contributed by atoms with Gasteiger partial charge in [0.15, 0.2) is 6.61 Å². The van der Waals surface area contributed by atoms with E-state index in [9.17, 15) is 4.79 Å². The van der Waals surface area contributed by atoms with Crippen LogP contribution in [0.4, 0.5) is 4.79 Å². The second-order valence-electron chi connectivity index (χ2n) is 6.64. The first-order valence-electron chi connectivity index (χ1n) is 9.04. The van der Waals surface area contributed by atoms with Crippen molar-refractivity contribution in [2.75, 3.05) is 6.61 Å². The number of carbonyl (C=O) groups is 1. The molecule has 5 nitrogen and oxygen atoms in total. The number of halogens is 1. The van der Waals surface area contributed by atoms with Crippen LogP contribution in [0.2, 0.25) is 0 Å². The number of nitrogens with one attached hydrogen (secondary N) is 2. The minimum absolute atomic E-state index is 0.00757. The maximum absolute atomic E-state index is 12.5. The molecule has 1 aliphatic carbocycles. The highest BCUT2D eigenvalue weighted by molar-refractivity contribution is 9.10. The van der Waals surface area contributed by atoms with Crippen molar-refractivity contribution < 1.29 is 9.53 Å². The van der Waals surface area contributed by atoms with Crippen LogP contribution in [-0.2, 0) is 6.54 Å². The van der Waals surface area contributed by atoms with Crippen LogP contribution in [0, 0.1) is 17.2 Å². The summed E-state index contributed by atoms with van der Waals surface area (Å²) in [6.45, 7) is 0.404. The van der Waals surface area contributed by atoms with Crippen molar-refractivity contribution >= 4 is 22.0 Å². The largest absolute Gasteiger partial charge is 0.479 e. The first-order chi connectivity index (χ1) is 13.2. The molecule has 1 aliphatic rings. The zero-order valence-corrected chi connectivity index (χ0v) is 16.5. The highest BCUT2D eigenvalue weighted by atomic mass is 79.9. The van der Waals surface area contributed by atoms with Gasteiger partial charge in [-0.05, 0) is 54.2 Å². The predicted molar refractivity (Wildman–Crippen MR) is 107 cm³/mol. The summed E-state index contributed by atoms with van der Waals surface area (Å²) < 4.78 is 6.32. The molecule has 0 saturated heterocycles. The first-order valence-corrected chi connectivity index (χ1v) is 9.83. The number of rotatable bonds is 7. The lowest BCUT2D eigenvalue weighted by molar-refractivity contribution is 0.207. The average molecular weight is 428 g/mol. The third kappa shape index (κ3) is 5.48. The van der Waals surface area contributed by atoms with Gasteiger partial charge in [0.05, 0.1) is 6.04 Å². The monoisotopic (exact) mass is 427 g/mol. The summed E-state index contributed by atoms with van der Waals surface area (Å²) in [6, 6.07) is 17.3. The van der Waals surface area contributed by atoms with Crippen LogP contribution in [0.15, 0.2) is 53.0 Å². The lowest BCUT2D eigenvalue weighted by atomic mass is 9.77. The minimum Gasteiger partial charge on any atom is -0.479 e. The summed E-state index contributed by atoms with van der Waals surface area (Å²) in [6.07, 6.45) is 3.50. The van der Waals surface area contributed by atoms with Crippen molar-refractivity contribution in [3.05, 3.63) is 64.1 Å². The Balaban J connectivity index is 1.58. The van der Waals surface area contributed by atoms with Crippen LogP contribution in [-0.4, -0.2) is 12.6 Å². The molecule has 0 radical (unpaired) electrons. The van der Waals surface area contributed by atoms with E-state index in [0.717, 1.165) is 28.4 Å². The van der Waals surface area contributed by atoms with Crippen molar-refractivity contribution in [2.24, 2.45) is 5.92 Å². The molecule has 2 aromatic rings. The zero-order valence-electron chi connectivity index (χ0n) is 15.0. The number of urea groups is 1. The van der Waals surface area contributed by atoms with E-state index < -0.39 is 0 Å². The maximum Gasteiger partial charge on any atom is 0.315 e. The Hall–Kier alpha value is -2.52. The normalized spacial score (nSPS) is 14.5. The quantitative estimate of drug-likeness (QED) is 0.672. The van der Waals surface area contributed by atoms with Crippen LogP contribution in [0.5, 0.6) is 5.75 Å². The number of benzene rings is 2. The van der Waals surface area contributed by atoms with Gasteiger partial charge in [0.25, 0.3) is 0 Å². The van der Waals surface area contributed by atoms with Gasteiger partial charge in [-0.3, -0.25) is 0 Å². The van der Waals surface area contributed by atoms with E-state index in [2.05, 4.69) is 38.7 Å². The van der Waals surface area contributed by atoms with Crippen LogP contribution in [0.3, 0.4) is 0 Å². The van der Waals surface area contributed by atoms with Crippen molar-refractivity contribution in [1.29, 1.82) is 5.26 Å². The van der Waals surface area contributed by atoms with Gasteiger partial charge in [0, 0.05) is 11.0 Å². The van der Waals surface area contributed by atoms with Crippen LogP contribution in [0.25, 0.3) is 0 Å². The fraction of sp³-hybridized carbons (Fsp3) is 0.333. The molecule has 6 heteroatoms. The minimum atomic E-state index is -0.182. The molecule has 1 fully saturated rings. The molecule has 1 unspecified atom stereocenters. The van der Waals surface area contributed by atoms with Gasteiger partial charge < -0.3 is 15.4 Å². The number of carbonyl (C=O) groups excluding carboxylic acids is 1. The van der Waals surface area contributed by atoms with Gasteiger partial charge in [0.2, 0.25) is 0 Å². The summed E-state index contributed by atoms with van der Waals surface area (Å²) in [5.74, 6) is 1.11. The molecule has 2 aromatic carbocycles. The molecule has 3 rings (SSSR count). The Morgan fingerprint density at radius 2 is 2.04 bits per heavy atom. The van der Waals surface area contributed by atoms with E-state index in [0.29, 0.717) is 18.2 Å². The van der Waals surface area contributed by atoms with Gasteiger partial charge in [-0.2, -0.15) is 5.26 Å². The molecule has 0 spiro atoms. The molecule has 2 N–H and O–H groups in total. The van der Waals surface area contributed by atoms with E-state index in [1.54, 1.807) is 6.07 Å². The molecule has 27 heavy (non-hydrogen) atoms. The van der Waals surface area contributed by atoms with Gasteiger partial charge in [-0.25, -0.2) is 4.79 Å². The second kappa shape index (κ2) is 9.43. The molecule has 140 valence electrons. The summed E-state index contributed by atoms with van der Waals surface area (Å²) in [5, 5.41) is 14.6. The molecule has 0 aliphatic heterocycles. The Kier molecular flexibility index (Phi) is 6.72. The summed E-state index contributed by atoms with van der Waals surface area (Å²) in [7, 11) is 0. The van der Waals surface area contributed by atoms with Crippen LogP contribution in [0.1, 0.15) is 36.4 Å². The van der Waals surface area contributed by atoms with E-state index in [1.165, 1.54) is 6.42 Å². The number of hydrogen-bond donors (Lipinski definition) is 2. The Bertz CT molecular complexity index is 813. The van der Waals surface area contributed by atoms with Crippen molar-refractivity contribution in [3.8, 4) is 11.8 Å². The highest BCUT2D eigenvalue weighted by Gasteiger charge is 2.29. The summed E-state index contributed by atoms with van der Waals surface area (Å²) in [5.41, 5.74) is 2.05. The lowest BCUT2D eigenvalue weighted by Crippen LogP contribution is -2.41. The molecular weight excluding hydrogens is 406 g/mol. The number of amides is 2. The van der Waals surface area contributed by atoms with Gasteiger partial charge in [-0.15, -0.1) is 0 Å². The van der Waals surface area contributed by atoms with Gasteiger partial charge >= 0.3 is 6.03 Å². The predicted octanol–water partition coefficient (Wildman–Crippen LogP) is 4.69.